The second kappa shape index (κ2) is 7.64. The lowest BCUT2D eigenvalue weighted by Gasteiger charge is -2.19. The predicted octanol–water partition coefficient (Wildman–Crippen LogP) is 3.43. The van der Waals surface area contributed by atoms with Crippen LogP contribution in [0.4, 0.5) is 0 Å². The first kappa shape index (κ1) is 21.6. The maximum atomic E-state index is 13.2. The number of nitrogens with zero attached hydrogens (tertiary/aromatic N) is 3. The lowest BCUT2D eigenvalue weighted by atomic mass is 9.87. The van der Waals surface area contributed by atoms with Gasteiger partial charge in [0.25, 0.3) is 0 Å². The largest absolute Gasteiger partial charge is 0.507 e. The first-order chi connectivity index (χ1) is 14.0. The number of ether oxygens (including phenoxy) is 2. The Kier molecular flexibility index (Phi) is 5.51. The van der Waals surface area contributed by atoms with Crippen molar-refractivity contribution in [2.24, 2.45) is 0 Å². The van der Waals surface area contributed by atoms with E-state index in [2.05, 4.69) is 10.3 Å². The van der Waals surface area contributed by atoms with Crippen LogP contribution in [-0.2, 0) is 15.3 Å². The highest BCUT2D eigenvalue weighted by atomic mass is 32.2. The Labute approximate surface area is 176 Å². The van der Waals surface area contributed by atoms with Crippen LogP contribution in [0.15, 0.2) is 46.3 Å². The normalized spacial score (nSPS) is 12.1. The van der Waals surface area contributed by atoms with Gasteiger partial charge in [-0.1, -0.05) is 32.1 Å². The van der Waals surface area contributed by atoms with E-state index in [1.165, 1.54) is 31.0 Å². The molecule has 160 valence electrons. The molecule has 30 heavy (non-hydrogen) atoms. The molecule has 1 aromatic heterocycles. The van der Waals surface area contributed by atoms with E-state index in [0.717, 1.165) is 5.56 Å². The maximum absolute atomic E-state index is 13.2. The highest BCUT2D eigenvalue weighted by molar-refractivity contribution is 7.91. The number of phenols is 1. The minimum atomic E-state index is -4.10. The van der Waals surface area contributed by atoms with E-state index in [4.69, 9.17) is 9.47 Å². The van der Waals surface area contributed by atoms with Gasteiger partial charge in [0, 0.05) is 6.07 Å². The molecule has 0 aliphatic heterocycles. The molecule has 0 spiro atoms. The van der Waals surface area contributed by atoms with Crippen molar-refractivity contribution in [3.8, 4) is 22.9 Å². The SMILES string of the molecule is COc1ccc(OC)c(-n2nnc(S(=O)(=O)c3ccc(C(C)(C)C)cc3O)c2C)c1. The van der Waals surface area contributed by atoms with Crippen LogP contribution < -0.4 is 9.47 Å². The zero-order chi connectivity index (χ0) is 22.3. The van der Waals surface area contributed by atoms with Crippen LogP contribution in [0.5, 0.6) is 17.2 Å². The Morgan fingerprint density at radius 3 is 2.30 bits per heavy atom. The summed E-state index contributed by atoms with van der Waals surface area (Å²) >= 11 is 0. The number of methoxy groups -OCH3 is 2. The molecule has 1 N–H and O–H groups in total. The summed E-state index contributed by atoms with van der Waals surface area (Å²) < 4.78 is 38.4. The minimum Gasteiger partial charge on any atom is -0.507 e. The molecule has 8 nitrogen and oxygen atoms in total. The first-order valence-corrected chi connectivity index (χ1v) is 10.7. The van der Waals surface area contributed by atoms with Gasteiger partial charge < -0.3 is 14.6 Å². The summed E-state index contributed by atoms with van der Waals surface area (Å²) in [5.74, 6) is 0.709. The summed E-state index contributed by atoms with van der Waals surface area (Å²) in [5.41, 5.74) is 1.35. The van der Waals surface area contributed by atoms with Gasteiger partial charge in [-0.25, -0.2) is 13.1 Å². The van der Waals surface area contributed by atoms with Crippen molar-refractivity contribution in [1.29, 1.82) is 0 Å². The van der Waals surface area contributed by atoms with E-state index >= 15 is 0 Å². The molecule has 3 aromatic rings. The lowest BCUT2D eigenvalue weighted by molar-refractivity contribution is 0.400. The molecule has 0 bridgehead atoms. The fourth-order valence-corrected chi connectivity index (χ4v) is 4.48. The summed E-state index contributed by atoms with van der Waals surface area (Å²) in [4.78, 5) is -0.219. The Balaban J connectivity index is 2.12. The molecule has 0 unspecified atom stereocenters. The van der Waals surface area contributed by atoms with Gasteiger partial charge >= 0.3 is 0 Å². The van der Waals surface area contributed by atoms with Crippen molar-refractivity contribution in [3.63, 3.8) is 0 Å². The van der Waals surface area contributed by atoms with Gasteiger partial charge in [0.1, 0.15) is 27.8 Å². The second-order valence-corrected chi connectivity index (χ2v) is 9.70. The third-order valence-electron chi connectivity index (χ3n) is 4.84. The zero-order valence-corrected chi connectivity index (χ0v) is 18.6. The fourth-order valence-electron chi connectivity index (χ4n) is 3.07. The molecular weight excluding hydrogens is 406 g/mol. The Hall–Kier alpha value is -3.07. The van der Waals surface area contributed by atoms with Crippen LogP contribution in [0, 0.1) is 6.92 Å². The average Bonchev–Trinajstić information content (AvgIpc) is 3.08. The maximum Gasteiger partial charge on any atom is 0.231 e. The van der Waals surface area contributed by atoms with Crippen molar-refractivity contribution in [1.82, 2.24) is 15.0 Å². The topological polar surface area (TPSA) is 104 Å². The molecule has 3 rings (SSSR count). The number of hydrogen-bond acceptors (Lipinski definition) is 7. The molecule has 1 heterocycles. The second-order valence-electron chi connectivity index (χ2n) is 7.87. The van der Waals surface area contributed by atoms with Crippen molar-refractivity contribution in [2.45, 2.75) is 43.0 Å². The average molecular weight is 432 g/mol. The number of benzene rings is 2. The van der Waals surface area contributed by atoms with Crippen molar-refractivity contribution >= 4 is 9.84 Å². The van der Waals surface area contributed by atoms with E-state index in [1.54, 1.807) is 31.2 Å². The van der Waals surface area contributed by atoms with Crippen LogP contribution in [-0.4, -0.2) is 42.7 Å². The lowest BCUT2D eigenvalue weighted by Crippen LogP contribution is -2.12. The van der Waals surface area contributed by atoms with Gasteiger partial charge in [-0.15, -0.1) is 5.10 Å². The van der Waals surface area contributed by atoms with Gasteiger partial charge in [0.05, 0.1) is 19.9 Å². The van der Waals surface area contributed by atoms with Crippen LogP contribution in [0.25, 0.3) is 5.69 Å². The van der Waals surface area contributed by atoms with Crippen LogP contribution in [0.2, 0.25) is 0 Å². The minimum absolute atomic E-state index is 0.219. The summed E-state index contributed by atoms with van der Waals surface area (Å²) in [6.45, 7) is 7.53. The van der Waals surface area contributed by atoms with Crippen LogP contribution in [0.3, 0.4) is 0 Å². The van der Waals surface area contributed by atoms with Crippen LogP contribution in [0.1, 0.15) is 32.0 Å². The van der Waals surface area contributed by atoms with Gasteiger partial charge in [-0.2, -0.15) is 0 Å². The van der Waals surface area contributed by atoms with E-state index in [9.17, 15) is 13.5 Å². The smallest absolute Gasteiger partial charge is 0.231 e. The predicted molar refractivity (Wildman–Crippen MR) is 111 cm³/mol. The number of hydrogen-bond donors (Lipinski definition) is 1. The third kappa shape index (κ3) is 3.72. The van der Waals surface area contributed by atoms with Gasteiger partial charge in [0.15, 0.2) is 0 Å². The molecule has 0 atom stereocenters. The van der Waals surface area contributed by atoms with Gasteiger partial charge in [-0.3, -0.25) is 0 Å². The Bertz CT molecular complexity index is 1190. The van der Waals surface area contributed by atoms with E-state index in [-0.39, 0.29) is 26.8 Å². The first-order valence-electron chi connectivity index (χ1n) is 9.24. The molecule has 0 saturated heterocycles. The molecule has 0 fully saturated rings. The molecule has 2 aromatic carbocycles. The number of sulfone groups is 1. The molecule has 0 aliphatic rings. The number of aromatic hydroxyl groups is 1. The Morgan fingerprint density at radius 2 is 1.73 bits per heavy atom. The molecule has 0 radical (unpaired) electrons. The highest BCUT2D eigenvalue weighted by Crippen LogP contribution is 2.35. The van der Waals surface area contributed by atoms with Crippen molar-refractivity contribution in [3.05, 3.63) is 47.7 Å². The number of phenolic OH excluding ortho intramolecular Hbond substituents is 1. The van der Waals surface area contributed by atoms with Gasteiger partial charge in [-0.05, 0) is 42.2 Å². The highest BCUT2D eigenvalue weighted by Gasteiger charge is 2.30. The van der Waals surface area contributed by atoms with Crippen molar-refractivity contribution in [2.75, 3.05) is 14.2 Å². The summed E-state index contributed by atoms with van der Waals surface area (Å²) in [5, 5.41) is 18.1. The standard InChI is InChI=1S/C21H25N3O5S/c1-13-20(22-23-24(13)16-12-15(28-5)8-9-18(16)29-6)30(26,27)19-10-7-14(11-17(19)25)21(2,3)4/h7-12,25H,1-6H3. The van der Waals surface area contributed by atoms with Crippen molar-refractivity contribution < 1.29 is 23.0 Å². The molecular formula is C21H25N3O5S. The molecule has 0 amide bonds. The summed E-state index contributed by atoms with van der Waals surface area (Å²) in [6.07, 6.45) is 0. The number of rotatable bonds is 5. The Morgan fingerprint density at radius 1 is 1.03 bits per heavy atom. The monoisotopic (exact) mass is 431 g/mol. The molecule has 0 aliphatic carbocycles. The van der Waals surface area contributed by atoms with E-state index in [1.807, 2.05) is 20.8 Å². The third-order valence-corrected chi connectivity index (χ3v) is 6.65. The molecule has 9 heteroatoms. The summed E-state index contributed by atoms with van der Waals surface area (Å²) in [6, 6.07) is 9.65. The van der Waals surface area contributed by atoms with E-state index in [0.29, 0.717) is 17.2 Å². The van der Waals surface area contributed by atoms with Crippen LogP contribution >= 0.6 is 0 Å². The van der Waals surface area contributed by atoms with E-state index < -0.39 is 9.84 Å². The zero-order valence-electron chi connectivity index (χ0n) is 17.8. The quantitative estimate of drug-likeness (QED) is 0.660. The number of aromatic nitrogens is 3. The molecule has 0 saturated carbocycles. The fraction of sp³-hybridized carbons (Fsp3) is 0.333. The summed E-state index contributed by atoms with van der Waals surface area (Å²) in [7, 11) is -1.07. The van der Waals surface area contributed by atoms with Gasteiger partial charge in [0.2, 0.25) is 14.9 Å².